The number of esters is 1. The summed E-state index contributed by atoms with van der Waals surface area (Å²) in [5, 5.41) is 11.4. The minimum Gasteiger partial charge on any atom is -0.481 e. The third-order valence-electron chi connectivity index (χ3n) is 4.99. The van der Waals surface area contributed by atoms with Crippen molar-refractivity contribution in [3.05, 3.63) is 0 Å². The molecule has 8 heteroatoms. The van der Waals surface area contributed by atoms with Gasteiger partial charge in [-0.2, -0.15) is 0 Å². The minimum atomic E-state index is -0.685. The first-order valence-corrected chi connectivity index (χ1v) is 10.1. The lowest BCUT2D eigenvalue weighted by Gasteiger charge is -2.29. The van der Waals surface area contributed by atoms with Gasteiger partial charge in [-0.25, -0.2) is 4.79 Å². The zero-order chi connectivity index (χ0) is 21.3. The van der Waals surface area contributed by atoms with Gasteiger partial charge in [-0.05, 0) is 59.3 Å². The molecule has 0 unspecified atom stereocenters. The smallest absolute Gasteiger partial charge is 0.407 e. The molecule has 0 aliphatic heterocycles. The van der Waals surface area contributed by atoms with Crippen LogP contribution in [0.1, 0.15) is 72.1 Å². The van der Waals surface area contributed by atoms with Gasteiger partial charge in [0.1, 0.15) is 5.60 Å². The molecule has 28 heavy (non-hydrogen) atoms. The Balaban J connectivity index is 0.000000330. The first-order chi connectivity index (χ1) is 13.0. The topological polar surface area (TPSA) is 128 Å². The van der Waals surface area contributed by atoms with Gasteiger partial charge in [-0.3, -0.25) is 9.59 Å². The van der Waals surface area contributed by atoms with E-state index in [0.717, 1.165) is 38.5 Å². The molecule has 1 amide bonds. The lowest BCUT2D eigenvalue weighted by atomic mass is 9.86. The van der Waals surface area contributed by atoms with E-state index in [2.05, 4.69) is 5.32 Å². The average molecular weight is 401 g/mol. The van der Waals surface area contributed by atoms with Crippen LogP contribution < -0.4 is 11.1 Å². The molecular formula is C20H36N2O6. The Morgan fingerprint density at radius 1 is 1.00 bits per heavy atom. The van der Waals surface area contributed by atoms with E-state index in [4.69, 9.17) is 20.3 Å². The van der Waals surface area contributed by atoms with E-state index in [0.29, 0.717) is 12.8 Å². The van der Waals surface area contributed by atoms with Crippen molar-refractivity contribution in [1.29, 1.82) is 0 Å². The molecule has 2 fully saturated rings. The SMILES string of the molecule is COC(=O)[C@H]1CCC[C@@H](NC(=O)OC(C)(C)C)C1.N[C@@H]1CCC[C@H](C(=O)O)C1. The van der Waals surface area contributed by atoms with Gasteiger partial charge in [0.25, 0.3) is 0 Å². The van der Waals surface area contributed by atoms with Crippen LogP contribution in [0.15, 0.2) is 0 Å². The Morgan fingerprint density at radius 2 is 1.61 bits per heavy atom. The number of methoxy groups -OCH3 is 1. The Kier molecular flexibility index (Phi) is 9.72. The maximum Gasteiger partial charge on any atom is 0.407 e. The van der Waals surface area contributed by atoms with Crippen molar-refractivity contribution in [1.82, 2.24) is 5.32 Å². The molecule has 0 aromatic carbocycles. The zero-order valence-electron chi connectivity index (χ0n) is 17.5. The van der Waals surface area contributed by atoms with Gasteiger partial charge in [0.2, 0.25) is 0 Å². The number of nitrogens with one attached hydrogen (secondary N) is 1. The van der Waals surface area contributed by atoms with Crippen molar-refractivity contribution in [2.75, 3.05) is 7.11 Å². The van der Waals surface area contributed by atoms with Gasteiger partial charge in [0, 0.05) is 12.1 Å². The number of hydrogen-bond donors (Lipinski definition) is 3. The highest BCUT2D eigenvalue weighted by molar-refractivity contribution is 5.73. The molecule has 2 aliphatic carbocycles. The van der Waals surface area contributed by atoms with Crippen LogP contribution in [0.3, 0.4) is 0 Å². The van der Waals surface area contributed by atoms with E-state index in [1.165, 1.54) is 7.11 Å². The number of carbonyl (C=O) groups excluding carboxylic acids is 2. The van der Waals surface area contributed by atoms with Crippen LogP contribution >= 0.6 is 0 Å². The summed E-state index contributed by atoms with van der Waals surface area (Å²) in [6.45, 7) is 5.47. The highest BCUT2D eigenvalue weighted by Crippen LogP contribution is 2.25. The number of carboxylic acids is 1. The minimum absolute atomic E-state index is 0.00213. The fraction of sp³-hybridized carbons (Fsp3) is 0.850. The average Bonchev–Trinajstić information content (AvgIpc) is 2.60. The summed E-state index contributed by atoms with van der Waals surface area (Å²) in [6, 6.07) is 0.118. The molecule has 4 N–H and O–H groups in total. The number of ether oxygens (including phenoxy) is 2. The summed E-state index contributed by atoms with van der Waals surface area (Å²) in [5.74, 6) is -1.16. The molecule has 0 spiro atoms. The third-order valence-corrected chi connectivity index (χ3v) is 4.99. The molecule has 0 aromatic heterocycles. The van der Waals surface area contributed by atoms with Gasteiger partial charge >= 0.3 is 18.0 Å². The number of carboxylic acid groups (broad SMARTS) is 1. The second-order valence-electron chi connectivity index (χ2n) is 8.69. The van der Waals surface area contributed by atoms with Gasteiger partial charge in [-0.15, -0.1) is 0 Å². The molecule has 0 radical (unpaired) electrons. The molecule has 162 valence electrons. The van der Waals surface area contributed by atoms with Crippen molar-refractivity contribution in [2.24, 2.45) is 17.6 Å². The Morgan fingerprint density at radius 3 is 2.11 bits per heavy atom. The van der Waals surface area contributed by atoms with Gasteiger partial charge in [-0.1, -0.05) is 12.8 Å². The van der Waals surface area contributed by atoms with Gasteiger partial charge in [0.05, 0.1) is 18.9 Å². The summed E-state index contributed by atoms with van der Waals surface area (Å²) >= 11 is 0. The molecule has 0 heterocycles. The number of nitrogens with two attached hydrogens (primary N) is 1. The van der Waals surface area contributed by atoms with E-state index in [9.17, 15) is 14.4 Å². The number of hydrogen-bond acceptors (Lipinski definition) is 6. The van der Waals surface area contributed by atoms with Crippen LogP contribution in [0.25, 0.3) is 0 Å². The Labute approximate surface area is 167 Å². The van der Waals surface area contributed by atoms with Crippen LogP contribution in [-0.4, -0.2) is 47.9 Å². The highest BCUT2D eigenvalue weighted by Gasteiger charge is 2.29. The lowest BCUT2D eigenvalue weighted by Crippen LogP contribution is -2.42. The molecule has 8 nitrogen and oxygen atoms in total. The van der Waals surface area contributed by atoms with Crippen LogP contribution in [0, 0.1) is 11.8 Å². The molecule has 2 aliphatic rings. The molecular weight excluding hydrogens is 364 g/mol. The van der Waals surface area contributed by atoms with Crippen molar-refractivity contribution in [3.8, 4) is 0 Å². The Bertz CT molecular complexity index is 531. The first-order valence-electron chi connectivity index (χ1n) is 10.1. The fourth-order valence-electron chi connectivity index (χ4n) is 3.63. The third kappa shape index (κ3) is 9.39. The predicted octanol–water partition coefficient (Wildman–Crippen LogP) is 2.83. The zero-order valence-corrected chi connectivity index (χ0v) is 17.5. The lowest BCUT2D eigenvalue weighted by molar-refractivity contribution is -0.147. The van der Waals surface area contributed by atoms with Crippen LogP contribution in [0.5, 0.6) is 0 Å². The molecule has 2 saturated carbocycles. The van der Waals surface area contributed by atoms with Crippen LogP contribution in [0.4, 0.5) is 4.79 Å². The summed E-state index contributed by atoms with van der Waals surface area (Å²) in [5.41, 5.74) is 5.10. The number of amides is 1. The maximum atomic E-state index is 11.6. The van der Waals surface area contributed by atoms with Crippen LogP contribution in [-0.2, 0) is 19.1 Å². The fourth-order valence-corrected chi connectivity index (χ4v) is 3.63. The number of carbonyl (C=O) groups is 3. The molecule has 0 bridgehead atoms. The van der Waals surface area contributed by atoms with Gasteiger partial charge < -0.3 is 25.6 Å². The molecule has 4 atom stereocenters. The predicted molar refractivity (Wildman–Crippen MR) is 105 cm³/mol. The van der Waals surface area contributed by atoms with E-state index in [-0.39, 0.29) is 29.9 Å². The van der Waals surface area contributed by atoms with Gasteiger partial charge in [0.15, 0.2) is 0 Å². The van der Waals surface area contributed by atoms with E-state index in [1.807, 2.05) is 20.8 Å². The summed E-state index contributed by atoms with van der Waals surface area (Å²) in [6.07, 6.45) is 6.27. The van der Waals surface area contributed by atoms with E-state index >= 15 is 0 Å². The summed E-state index contributed by atoms with van der Waals surface area (Å²) < 4.78 is 9.94. The molecule has 2 rings (SSSR count). The summed E-state index contributed by atoms with van der Waals surface area (Å²) in [4.78, 5) is 33.5. The maximum absolute atomic E-state index is 11.6. The Hall–Kier alpha value is -1.83. The highest BCUT2D eigenvalue weighted by atomic mass is 16.6. The number of alkyl carbamates (subject to hydrolysis) is 1. The quantitative estimate of drug-likeness (QED) is 0.621. The monoisotopic (exact) mass is 400 g/mol. The van der Waals surface area contributed by atoms with Crippen molar-refractivity contribution >= 4 is 18.0 Å². The van der Waals surface area contributed by atoms with E-state index in [1.54, 1.807) is 0 Å². The number of rotatable bonds is 3. The van der Waals surface area contributed by atoms with Crippen LogP contribution in [0.2, 0.25) is 0 Å². The second kappa shape index (κ2) is 11.2. The second-order valence-corrected chi connectivity index (χ2v) is 8.69. The molecule has 0 saturated heterocycles. The van der Waals surface area contributed by atoms with Crippen molar-refractivity contribution in [3.63, 3.8) is 0 Å². The van der Waals surface area contributed by atoms with E-state index < -0.39 is 17.7 Å². The standard InChI is InChI=1S/C13H23NO4.C7H13NO2/c1-13(2,3)18-12(16)14-10-7-5-6-9(8-10)11(15)17-4;8-6-3-1-2-5(4-6)7(9)10/h9-10H,5-8H2,1-4H3,(H,14,16);5-6H,1-4,8H2,(H,9,10)/t9-,10+;5-,6+/m00/s1. The normalized spacial score (nSPS) is 27.6. The van der Waals surface area contributed by atoms with Crippen molar-refractivity contribution in [2.45, 2.75) is 89.8 Å². The molecule has 0 aromatic rings. The summed E-state index contributed by atoms with van der Waals surface area (Å²) in [7, 11) is 1.40. The largest absolute Gasteiger partial charge is 0.481 e. The number of aliphatic carboxylic acids is 1. The first kappa shape index (κ1) is 24.2. The van der Waals surface area contributed by atoms with Crippen molar-refractivity contribution < 1.29 is 29.0 Å².